The Labute approximate surface area is 179 Å². The molecule has 0 amide bonds. The second-order valence-electron chi connectivity index (χ2n) is 7.31. The molecule has 0 fully saturated rings. The van der Waals surface area contributed by atoms with Crippen LogP contribution in [0.25, 0.3) is 24.3 Å². The molecule has 0 unspecified atom stereocenters. The highest BCUT2D eigenvalue weighted by Crippen LogP contribution is 2.21. The van der Waals surface area contributed by atoms with E-state index in [-0.39, 0.29) is 0 Å². The predicted molar refractivity (Wildman–Crippen MR) is 132 cm³/mol. The lowest BCUT2D eigenvalue weighted by Crippen LogP contribution is -1.92. The van der Waals surface area contributed by atoms with E-state index in [0.29, 0.717) is 0 Å². The van der Waals surface area contributed by atoms with E-state index in [1.165, 1.54) is 27.8 Å². The van der Waals surface area contributed by atoms with Gasteiger partial charge >= 0.3 is 0 Å². The molecule has 0 atom stereocenters. The zero-order valence-electron chi connectivity index (χ0n) is 17.1. The van der Waals surface area contributed by atoms with Crippen molar-refractivity contribution in [3.05, 3.63) is 131 Å². The molecule has 0 saturated carbocycles. The van der Waals surface area contributed by atoms with Crippen molar-refractivity contribution in [2.24, 2.45) is 0 Å². The Morgan fingerprint density at radius 3 is 1.43 bits per heavy atom. The normalized spacial score (nSPS) is 11.2. The molecule has 30 heavy (non-hydrogen) atoms. The third-order valence-electron chi connectivity index (χ3n) is 5.01. The fourth-order valence-corrected chi connectivity index (χ4v) is 3.21. The van der Waals surface area contributed by atoms with Crippen molar-refractivity contribution in [2.75, 3.05) is 5.32 Å². The molecule has 0 heterocycles. The van der Waals surface area contributed by atoms with Crippen molar-refractivity contribution in [1.82, 2.24) is 0 Å². The zero-order chi connectivity index (χ0) is 20.6. The number of para-hydroxylation sites is 1. The quantitative estimate of drug-likeness (QED) is 0.330. The Morgan fingerprint density at radius 2 is 0.900 bits per heavy atom. The summed E-state index contributed by atoms with van der Waals surface area (Å²) in [6.45, 7) is 2.11. The lowest BCUT2D eigenvalue weighted by atomic mass is 10.1. The van der Waals surface area contributed by atoms with E-state index < -0.39 is 0 Å². The minimum Gasteiger partial charge on any atom is -0.355 e. The van der Waals surface area contributed by atoms with Crippen molar-refractivity contribution in [1.29, 1.82) is 0 Å². The molecule has 1 nitrogen and oxygen atoms in total. The first kappa shape index (κ1) is 19.5. The van der Waals surface area contributed by atoms with Crippen LogP contribution in [0, 0.1) is 6.92 Å². The van der Waals surface area contributed by atoms with Crippen molar-refractivity contribution in [2.45, 2.75) is 6.92 Å². The molecule has 0 aliphatic carbocycles. The van der Waals surface area contributed by atoms with E-state index in [1.807, 2.05) is 6.07 Å². The molecule has 1 heteroatoms. The molecule has 4 aromatic carbocycles. The van der Waals surface area contributed by atoms with Gasteiger partial charge in [-0.05, 0) is 52.9 Å². The number of anilines is 2. The average molecular weight is 388 g/mol. The number of rotatable bonds is 6. The van der Waals surface area contributed by atoms with E-state index >= 15 is 0 Å². The number of aryl methyl sites for hydroxylation is 1. The first-order valence-corrected chi connectivity index (χ1v) is 10.2. The minimum absolute atomic E-state index is 1.09. The summed E-state index contributed by atoms with van der Waals surface area (Å²) in [6.07, 6.45) is 8.57. The van der Waals surface area contributed by atoms with Gasteiger partial charge in [0, 0.05) is 11.4 Å². The minimum atomic E-state index is 1.09. The highest BCUT2D eigenvalue weighted by molar-refractivity contribution is 5.74. The Morgan fingerprint density at radius 1 is 0.467 bits per heavy atom. The van der Waals surface area contributed by atoms with Gasteiger partial charge in [0.2, 0.25) is 0 Å². The fraction of sp³-hybridized carbons (Fsp3) is 0.0345. The summed E-state index contributed by atoms with van der Waals surface area (Å²) in [7, 11) is 0. The third kappa shape index (κ3) is 5.36. The second kappa shape index (κ2) is 9.58. The molecule has 1 N–H and O–H groups in total. The van der Waals surface area contributed by atoms with Crippen molar-refractivity contribution >= 4 is 35.7 Å². The molecule has 0 aliphatic rings. The van der Waals surface area contributed by atoms with Gasteiger partial charge in [-0.15, -0.1) is 0 Å². The van der Waals surface area contributed by atoms with E-state index in [1.54, 1.807) is 0 Å². The maximum atomic E-state index is 3.47. The van der Waals surface area contributed by atoms with Crippen LogP contribution in [-0.4, -0.2) is 0 Å². The van der Waals surface area contributed by atoms with Gasteiger partial charge in [-0.25, -0.2) is 0 Å². The third-order valence-corrected chi connectivity index (χ3v) is 5.01. The van der Waals surface area contributed by atoms with E-state index in [2.05, 4.69) is 134 Å². The van der Waals surface area contributed by atoms with Crippen LogP contribution >= 0.6 is 0 Å². The van der Waals surface area contributed by atoms with Gasteiger partial charge in [-0.3, -0.25) is 0 Å². The van der Waals surface area contributed by atoms with Gasteiger partial charge in [0.15, 0.2) is 0 Å². The standard InChI is InChI=1S/C29H25N/c1-23-7-5-6-10-29(23)30-28-21-19-27(20-22-28)18-17-26-15-13-25(14-16-26)12-11-24-8-3-2-4-9-24/h2-22,30H,1H3/b12-11+,18-17+. The second-order valence-corrected chi connectivity index (χ2v) is 7.31. The summed E-state index contributed by atoms with van der Waals surface area (Å²) >= 11 is 0. The smallest absolute Gasteiger partial charge is 0.0413 e. The Balaban J connectivity index is 1.37. The summed E-state index contributed by atoms with van der Waals surface area (Å²) in [5, 5.41) is 3.47. The van der Waals surface area contributed by atoms with Crippen LogP contribution in [0.2, 0.25) is 0 Å². The SMILES string of the molecule is Cc1ccccc1Nc1ccc(/C=C/c2ccc(/C=C/c3ccccc3)cc2)cc1. The highest BCUT2D eigenvalue weighted by atomic mass is 14.9. The van der Waals surface area contributed by atoms with Gasteiger partial charge in [-0.2, -0.15) is 0 Å². The van der Waals surface area contributed by atoms with Gasteiger partial charge in [0.05, 0.1) is 0 Å². The molecule has 0 aliphatic heterocycles. The van der Waals surface area contributed by atoms with E-state index in [0.717, 1.165) is 11.4 Å². The van der Waals surface area contributed by atoms with Crippen LogP contribution in [-0.2, 0) is 0 Å². The monoisotopic (exact) mass is 387 g/mol. The highest BCUT2D eigenvalue weighted by Gasteiger charge is 1.98. The molecule has 0 saturated heterocycles. The maximum Gasteiger partial charge on any atom is 0.0413 e. The van der Waals surface area contributed by atoms with Crippen LogP contribution in [0.15, 0.2) is 103 Å². The molecule has 0 spiro atoms. The molecule has 0 radical (unpaired) electrons. The maximum absolute atomic E-state index is 3.47. The molecular weight excluding hydrogens is 362 g/mol. The van der Waals surface area contributed by atoms with E-state index in [4.69, 9.17) is 0 Å². The average Bonchev–Trinajstić information content (AvgIpc) is 2.80. The van der Waals surface area contributed by atoms with Crippen LogP contribution in [0.1, 0.15) is 27.8 Å². The number of hydrogen-bond donors (Lipinski definition) is 1. The van der Waals surface area contributed by atoms with Crippen LogP contribution < -0.4 is 5.32 Å². The van der Waals surface area contributed by atoms with Crippen molar-refractivity contribution in [3.63, 3.8) is 0 Å². The Bertz CT molecular complexity index is 1140. The van der Waals surface area contributed by atoms with Crippen molar-refractivity contribution < 1.29 is 0 Å². The van der Waals surface area contributed by atoms with Gasteiger partial charge in [0.1, 0.15) is 0 Å². The van der Waals surface area contributed by atoms with E-state index in [9.17, 15) is 0 Å². The molecule has 0 aromatic heterocycles. The molecule has 146 valence electrons. The Kier molecular flexibility index (Phi) is 6.22. The number of nitrogens with one attached hydrogen (secondary N) is 1. The summed E-state index contributed by atoms with van der Waals surface area (Å²) in [6, 6.07) is 35.8. The van der Waals surface area contributed by atoms with Crippen LogP contribution in [0.5, 0.6) is 0 Å². The molecule has 4 aromatic rings. The summed E-state index contributed by atoms with van der Waals surface area (Å²) in [5.41, 5.74) is 8.25. The fourth-order valence-electron chi connectivity index (χ4n) is 3.21. The lowest BCUT2D eigenvalue weighted by molar-refractivity contribution is 1.43. The first-order valence-electron chi connectivity index (χ1n) is 10.2. The van der Waals surface area contributed by atoms with Gasteiger partial charge in [-0.1, -0.05) is 109 Å². The molecule has 0 bridgehead atoms. The Hall–Kier alpha value is -3.84. The topological polar surface area (TPSA) is 12.0 Å². The summed E-state index contributed by atoms with van der Waals surface area (Å²) in [4.78, 5) is 0. The van der Waals surface area contributed by atoms with Crippen molar-refractivity contribution in [3.8, 4) is 0 Å². The number of hydrogen-bond acceptors (Lipinski definition) is 1. The zero-order valence-corrected chi connectivity index (χ0v) is 17.1. The largest absolute Gasteiger partial charge is 0.355 e. The van der Waals surface area contributed by atoms with Crippen LogP contribution in [0.3, 0.4) is 0 Å². The van der Waals surface area contributed by atoms with Gasteiger partial charge in [0.25, 0.3) is 0 Å². The first-order chi connectivity index (χ1) is 14.8. The molecule has 4 rings (SSSR count). The van der Waals surface area contributed by atoms with Gasteiger partial charge < -0.3 is 5.32 Å². The summed E-state index contributed by atoms with van der Waals surface area (Å²) in [5.74, 6) is 0. The lowest BCUT2D eigenvalue weighted by Gasteiger charge is -2.09. The van der Waals surface area contributed by atoms with Crippen LogP contribution in [0.4, 0.5) is 11.4 Å². The summed E-state index contributed by atoms with van der Waals surface area (Å²) < 4.78 is 0. The molecular formula is C29H25N. The number of benzene rings is 4. The predicted octanol–water partition coefficient (Wildman–Crippen LogP) is 8.08.